The first kappa shape index (κ1) is 11.6. The van der Waals surface area contributed by atoms with Crippen LogP contribution in [0, 0.1) is 0 Å². The van der Waals surface area contributed by atoms with Crippen molar-refractivity contribution in [2.75, 3.05) is 13.2 Å². The van der Waals surface area contributed by atoms with Gasteiger partial charge in [-0.3, -0.25) is 4.98 Å². The van der Waals surface area contributed by atoms with E-state index in [9.17, 15) is 0 Å². The number of pyridine rings is 1. The molecule has 0 atom stereocenters. The van der Waals surface area contributed by atoms with Gasteiger partial charge in [-0.05, 0) is 44.4 Å². The van der Waals surface area contributed by atoms with Crippen LogP contribution in [0.15, 0.2) is 24.5 Å². The molecule has 1 N–H and O–H groups in total. The molecule has 0 unspecified atom stereocenters. The van der Waals surface area contributed by atoms with E-state index < -0.39 is 0 Å². The molecule has 0 amide bonds. The molecule has 16 heavy (non-hydrogen) atoms. The fourth-order valence-electron chi connectivity index (χ4n) is 2.07. The minimum absolute atomic E-state index is 0.501. The molecule has 1 aromatic heterocycles. The van der Waals surface area contributed by atoms with E-state index in [-0.39, 0.29) is 0 Å². The molecular weight excluding hydrogens is 200 g/mol. The maximum absolute atomic E-state index is 5.52. The van der Waals surface area contributed by atoms with Crippen LogP contribution in [-0.2, 0) is 11.2 Å². The SMILES string of the molecule is CCOC1CC(NCCc2cccnc2)C1. The minimum Gasteiger partial charge on any atom is -0.378 e. The second-order valence-corrected chi connectivity index (χ2v) is 4.31. The first-order valence-electron chi connectivity index (χ1n) is 6.12. The zero-order chi connectivity index (χ0) is 11.2. The quantitative estimate of drug-likeness (QED) is 0.793. The Morgan fingerprint density at radius 2 is 2.38 bits per heavy atom. The van der Waals surface area contributed by atoms with Crippen LogP contribution in [0.5, 0.6) is 0 Å². The highest BCUT2D eigenvalue weighted by atomic mass is 16.5. The summed E-state index contributed by atoms with van der Waals surface area (Å²) in [4.78, 5) is 4.11. The standard InChI is InChI=1S/C13H20N2O/c1-2-16-13-8-12(9-13)15-7-5-11-4-3-6-14-10-11/h3-4,6,10,12-13,15H,2,5,7-9H2,1H3. The molecule has 1 saturated carbocycles. The summed E-state index contributed by atoms with van der Waals surface area (Å²) in [6, 6.07) is 4.77. The smallest absolute Gasteiger partial charge is 0.0604 e. The van der Waals surface area contributed by atoms with Gasteiger partial charge < -0.3 is 10.1 Å². The van der Waals surface area contributed by atoms with Crippen LogP contribution in [0.25, 0.3) is 0 Å². The van der Waals surface area contributed by atoms with E-state index >= 15 is 0 Å². The molecule has 3 heteroatoms. The van der Waals surface area contributed by atoms with E-state index in [2.05, 4.69) is 23.3 Å². The van der Waals surface area contributed by atoms with Crippen LogP contribution in [0.1, 0.15) is 25.3 Å². The maximum atomic E-state index is 5.52. The maximum Gasteiger partial charge on any atom is 0.0604 e. The molecule has 0 aromatic carbocycles. The number of nitrogens with zero attached hydrogens (tertiary/aromatic N) is 1. The van der Waals surface area contributed by atoms with E-state index in [1.807, 2.05) is 18.5 Å². The average Bonchev–Trinajstić information content (AvgIpc) is 2.27. The summed E-state index contributed by atoms with van der Waals surface area (Å²) in [5.74, 6) is 0. The molecule has 1 aromatic rings. The molecular formula is C13H20N2O. The van der Waals surface area contributed by atoms with Gasteiger partial charge in [0.25, 0.3) is 0 Å². The highest BCUT2D eigenvalue weighted by molar-refractivity contribution is 5.08. The topological polar surface area (TPSA) is 34.1 Å². The molecule has 1 fully saturated rings. The molecule has 2 rings (SSSR count). The Bertz CT molecular complexity index is 296. The second-order valence-electron chi connectivity index (χ2n) is 4.31. The zero-order valence-electron chi connectivity index (χ0n) is 9.86. The molecule has 0 spiro atoms. The Kier molecular flexibility index (Phi) is 4.31. The van der Waals surface area contributed by atoms with Crippen molar-refractivity contribution in [2.45, 2.75) is 38.3 Å². The average molecular weight is 220 g/mol. The lowest BCUT2D eigenvalue weighted by Gasteiger charge is -2.35. The Morgan fingerprint density at radius 3 is 3.06 bits per heavy atom. The van der Waals surface area contributed by atoms with Crippen LogP contribution in [0.4, 0.5) is 0 Å². The number of hydrogen-bond donors (Lipinski definition) is 1. The van der Waals surface area contributed by atoms with Gasteiger partial charge in [-0.15, -0.1) is 0 Å². The monoisotopic (exact) mass is 220 g/mol. The fourth-order valence-corrected chi connectivity index (χ4v) is 2.07. The predicted molar refractivity (Wildman–Crippen MR) is 64.4 cm³/mol. The molecule has 0 bridgehead atoms. The van der Waals surface area contributed by atoms with E-state index in [0.717, 1.165) is 19.6 Å². The van der Waals surface area contributed by atoms with Crippen LogP contribution < -0.4 is 5.32 Å². The number of rotatable bonds is 6. The van der Waals surface area contributed by atoms with Gasteiger partial charge in [0.15, 0.2) is 0 Å². The lowest BCUT2D eigenvalue weighted by molar-refractivity contribution is -0.00960. The molecule has 1 aliphatic carbocycles. The van der Waals surface area contributed by atoms with Crippen LogP contribution in [0.3, 0.4) is 0 Å². The number of aromatic nitrogens is 1. The van der Waals surface area contributed by atoms with Gasteiger partial charge in [0.05, 0.1) is 6.10 Å². The number of hydrogen-bond acceptors (Lipinski definition) is 3. The highest BCUT2D eigenvalue weighted by Crippen LogP contribution is 2.22. The third-order valence-corrected chi connectivity index (χ3v) is 3.07. The van der Waals surface area contributed by atoms with Crippen molar-refractivity contribution in [1.29, 1.82) is 0 Å². The summed E-state index contributed by atoms with van der Waals surface area (Å²) < 4.78 is 5.52. The Labute approximate surface area is 97.2 Å². The Morgan fingerprint density at radius 1 is 1.50 bits per heavy atom. The summed E-state index contributed by atoms with van der Waals surface area (Å²) in [7, 11) is 0. The fraction of sp³-hybridized carbons (Fsp3) is 0.615. The molecule has 88 valence electrons. The third-order valence-electron chi connectivity index (χ3n) is 3.07. The summed E-state index contributed by atoms with van der Waals surface area (Å²) in [5, 5.41) is 3.55. The van der Waals surface area contributed by atoms with Crippen molar-refractivity contribution in [3.8, 4) is 0 Å². The van der Waals surface area contributed by atoms with Gasteiger partial charge in [0.1, 0.15) is 0 Å². The van der Waals surface area contributed by atoms with Crippen molar-refractivity contribution in [3.63, 3.8) is 0 Å². The van der Waals surface area contributed by atoms with Crippen LogP contribution in [-0.4, -0.2) is 30.3 Å². The van der Waals surface area contributed by atoms with E-state index in [1.54, 1.807) is 0 Å². The van der Waals surface area contributed by atoms with Gasteiger partial charge in [-0.1, -0.05) is 6.07 Å². The number of nitrogens with one attached hydrogen (secondary N) is 1. The molecule has 0 radical (unpaired) electrons. The van der Waals surface area contributed by atoms with Crippen LogP contribution in [0.2, 0.25) is 0 Å². The molecule has 1 heterocycles. The van der Waals surface area contributed by atoms with Crippen molar-refractivity contribution in [2.24, 2.45) is 0 Å². The second kappa shape index (κ2) is 5.97. The minimum atomic E-state index is 0.501. The summed E-state index contributed by atoms with van der Waals surface area (Å²) in [5.41, 5.74) is 1.30. The first-order chi connectivity index (χ1) is 7.88. The Hall–Kier alpha value is -0.930. The lowest BCUT2D eigenvalue weighted by atomic mass is 9.89. The third kappa shape index (κ3) is 3.29. The highest BCUT2D eigenvalue weighted by Gasteiger charge is 2.28. The van der Waals surface area contributed by atoms with Gasteiger partial charge in [0, 0.05) is 25.0 Å². The summed E-state index contributed by atoms with van der Waals surface area (Å²) in [6.07, 6.45) is 7.65. The molecule has 1 aliphatic rings. The normalized spacial score (nSPS) is 24.1. The summed E-state index contributed by atoms with van der Waals surface area (Å²) in [6.45, 7) is 3.94. The van der Waals surface area contributed by atoms with Crippen molar-refractivity contribution >= 4 is 0 Å². The van der Waals surface area contributed by atoms with Crippen molar-refractivity contribution < 1.29 is 4.74 Å². The van der Waals surface area contributed by atoms with E-state index in [4.69, 9.17) is 4.74 Å². The van der Waals surface area contributed by atoms with Gasteiger partial charge in [0.2, 0.25) is 0 Å². The molecule has 0 saturated heterocycles. The van der Waals surface area contributed by atoms with Gasteiger partial charge in [-0.25, -0.2) is 0 Å². The predicted octanol–water partition coefficient (Wildman–Crippen LogP) is 1.78. The van der Waals surface area contributed by atoms with E-state index in [0.29, 0.717) is 12.1 Å². The molecule has 0 aliphatic heterocycles. The van der Waals surface area contributed by atoms with Crippen molar-refractivity contribution in [1.82, 2.24) is 10.3 Å². The van der Waals surface area contributed by atoms with Crippen LogP contribution >= 0.6 is 0 Å². The largest absolute Gasteiger partial charge is 0.378 e. The van der Waals surface area contributed by atoms with Gasteiger partial charge in [-0.2, -0.15) is 0 Å². The zero-order valence-corrected chi connectivity index (χ0v) is 9.86. The van der Waals surface area contributed by atoms with Crippen molar-refractivity contribution in [3.05, 3.63) is 30.1 Å². The van der Waals surface area contributed by atoms with Gasteiger partial charge >= 0.3 is 0 Å². The molecule has 3 nitrogen and oxygen atoms in total. The van der Waals surface area contributed by atoms with E-state index in [1.165, 1.54) is 18.4 Å². The number of ether oxygens (including phenoxy) is 1. The Balaban J connectivity index is 1.57. The lowest BCUT2D eigenvalue weighted by Crippen LogP contribution is -2.46. The first-order valence-corrected chi connectivity index (χ1v) is 6.12. The summed E-state index contributed by atoms with van der Waals surface area (Å²) >= 11 is 0.